The van der Waals surface area contributed by atoms with Crippen molar-refractivity contribution in [1.29, 1.82) is 0 Å². The quantitative estimate of drug-likeness (QED) is 0.840. The van der Waals surface area contributed by atoms with Crippen molar-refractivity contribution in [1.82, 2.24) is 9.88 Å². The van der Waals surface area contributed by atoms with E-state index in [1.165, 1.54) is 35.0 Å². The van der Waals surface area contributed by atoms with Gasteiger partial charge in [0.15, 0.2) is 0 Å². The summed E-state index contributed by atoms with van der Waals surface area (Å²) >= 11 is 0. The normalized spacial score (nSPS) is 15.6. The molecule has 3 nitrogen and oxygen atoms in total. The molecule has 0 unspecified atom stereocenters. The first-order valence-corrected chi connectivity index (χ1v) is 6.28. The average molecular weight is 229 g/mol. The van der Waals surface area contributed by atoms with Crippen LogP contribution < -0.4 is 11.1 Å². The highest BCUT2D eigenvalue weighted by Gasteiger charge is 2.20. The molecule has 1 heterocycles. The molecule has 0 amide bonds. The topological polar surface area (TPSA) is 43.0 Å². The van der Waals surface area contributed by atoms with Gasteiger partial charge in [-0.2, -0.15) is 0 Å². The summed E-state index contributed by atoms with van der Waals surface area (Å²) in [5.74, 6) is 0. The average Bonchev–Trinajstić information content (AvgIpc) is 3.13. The minimum atomic E-state index is 0.608. The molecule has 1 aliphatic carbocycles. The van der Waals surface area contributed by atoms with E-state index in [4.69, 9.17) is 5.73 Å². The van der Waals surface area contributed by atoms with Crippen molar-refractivity contribution in [3.8, 4) is 0 Å². The molecule has 0 saturated heterocycles. The van der Waals surface area contributed by atoms with Crippen LogP contribution in [0.2, 0.25) is 0 Å². The zero-order valence-electron chi connectivity index (χ0n) is 10.2. The molecule has 0 spiro atoms. The van der Waals surface area contributed by atoms with Crippen LogP contribution in [-0.4, -0.2) is 10.6 Å². The van der Waals surface area contributed by atoms with Crippen LogP contribution in [0.25, 0.3) is 10.9 Å². The third kappa shape index (κ3) is 2.08. The number of hydrogen-bond acceptors (Lipinski definition) is 2. The molecule has 1 aliphatic rings. The highest BCUT2D eigenvalue weighted by atomic mass is 15.0. The molecule has 17 heavy (non-hydrogen) atoms. The van der Waals surface area contributed by atoms with Crippen LogP contribution in [0.4, 0.5) is 0 Å². The van der Waals surface area contributed by atoms with Crippen LogP contribution in [0.5, 0.6) is 0 Å². The van der Waals surface area contributed by atoms with Crippen molar-refractivity contribution >= 4 is 10.9 Å². The summed E-state index contributed by atoms with van der Waals surface area (Å²) in [4.78, 5) is 0. The molecule has 0 aliphatic heterocycles. The first-order chi connectivity index (χ1) is 8.28. The fraction of sp³-hybridized carbons (Fsp3) is 0.429. The number of rotatable bonds is 4. The maximum Gasteiger partial charge on any atom is 0.0483 e. The van der Waals surface area contributed by atoms with Gasteiger partial charge < -0.3 is 15.6 Å². The number of nitrogens with one attached hydrogen (secondary N) is 1. The predicted octanol–water partition coefficient (Wildman–Crippen LogP) is 1.89. The van der Waals surface area contributed by atoms with Gasteiger partial charge in [-0.25, -0.2) is 0 Å². The van der Waals surface area contributed by atoms with Crippen LogP contribution >= 0.6 is 0 Å². The molecule has 0 radical (unpaired) electrons. The molecule has 3 heteroatoms. The van der Waals surface area contributed by atoms with Gasteiger partial charge >= 0.3 is 0 Å². The Morgan fingerprint density at radius 2 is 2.18 bits per heavy atom. The molecule has 90 valence electrons. The molecular weight excluding hydrogens is 210 g/mol. The Morgan fingerprint density at radius 3 is 2.88 bits per heavy atom. The molecule has 3 N–H and O–H groups in total. The minimum absolute atomic E-state index is 0.608. The molecular formula is C14H19N3. The highest BCUT2D eigenvalue weighted by molar-refractivity contribution is 5.82. The van der Waals surface area contributed by atoms with Gasteiger partial charge in [-0.3, -0.25) is 0 Å². The number of fused-ring (bicyclic) bond motifs is 1. The Bertz CT molecular complexity index is 538. The number of hydrogen-bond donors (Lipinski definition) is 2. The second kappa shape index (κ2) is 4.17. The summed E-state index contributed by atoms with van der Waals surface area (Å²) in [7, 11) is 2.13. The maximum atomic E-state index is 5.68. The summed E-state index contributed by atoms with van der Waals surface area (Å²) in [6, 6.07) is 9.49. The first kappa shape index (κ1) is 10.8. The Labute approximate surface area is 102 Å². The van der Waals surface area contributed by atoms with Gasteiger partial charge in [-0.15, -0.1) is 0 Å². The zero-order valence-corrected chi connectivity index (χ0v) is 10.2. The van der Waals surface area contributed by atoms with Gasteiger partial charge in [-0.05, 0) is 35.9 Å². The Kier molecular flexibility index (Phi) is 2.65. The summed E-state index contributed by atoms with van der Waals surface area (Å²) in [5, 5.41) is 4.86. The van der Waals surface area contributed by atoms with Crippen molar-refractivity contribution in [3.63, 3.8) is 0 Å². The molecule has 3 rings (SSSR count). The largest absolute Gasteiger partial charge is 0.346 e. The molecule has 0 atom stereocenters. The van der Waals surface area contributed by atoms with Crippen molar-refractivity contribution in [2.75, 3.05) is 0 Å². The third-order valence-electron chi connectivity index (χ3n) is 3.59. The van der Waals surface area contributed by atoms with Crippen LogP contribution in [-0.2, 0) is 20.1 Å². The number of nitrogens with zero attached hydrogens (tertiary/aromatic N) is 1. The van der Waals surface area contributed by atoms with E-state index < -0.39 is 0 Å². The molecule has 2 aromatic rings. The molecule has 0 bridgehead atoms. The van der Waals surface area contributed by atoms with Gasteiger partial charge in [0, 0.05) is 37.4 Å². The van der Waals surface area contributed by atoms with E-state index in [1.54, 1.807) is 0 Å². The third-order valence-corrected chi connectivity index (χ3v) is 3.59. The Morgan fingerprint density at radius 1 is 1.35 bits per heavy atom. The summed E-state index contributed by atoms with van der Waals surface area (Å²) in [5.41, 5.74) is 9.50. The van der Waals surface area contributed by atoms with E-state index in [0.29, 0.717) is 6.54 Å². The lowest BCUT2D eigenvalue weighted by molar-refractivity contribution is 0.655. The fourth-order valence-electron chi connectivity index (χ4n) is 2.27. The molecule has 1 aromatic heterocycles. The lowest BCUT2D eigenvalue weighted by atomic mass is 10.1. The predicted molar refractivity (Wildman–Crippen MR) is 70.7 cm³/mol. The standard InChI is InChI=1S/C14H19N3/c1-17-13(9-16-12-4-5-12)7-11-3-2-10(8-15)6-14(11)17/h2-3,6-7,12,16H,4-5,8-9,15H2,1H3. The molecule has 1 saturated carbocycles. The number of nitrogens with two attached hydrogens (primary N) is 1. The lowest BCUT2D eigenvalue weighted by Crippen LogP contribution is -2.17. The minimum Gasteiger partial charge on any atom is -0.346 e. The molecule has 1 aromatic carbocycles. The van der Waals surface area contributed by atoms with E-state index >= 15 is 0 Å². The van der Waals surface area contributed by atoms with Crippen LogP contribution in [0.3, 0.4) is 0 Å². The van der Waals surface area contributed by atoms with E-state index in [2.05, 4.69) is 41.2 Å². The zero-order chi connectivity index (χ0) is 11.8. The van der Waals surface area contributed by atoms with Crippen LogP contribution in [0.15, 0.2) is 24.3 Å². The summed E-state index contributed by atoms with van der Waals surface area (Å²) in [6.45, 7) is 1.57. The van der Waals surface area contributed by atoms with E-state index in [1.807, 2.05) is 0 Å². The van der Waals surface area contributed by atoms with Crippen molar-refractivity contribution in [2.24, 2.45) is 12.8 Å². The van der Waals surface area contributed by atoms with E-state index in [-0.39, 0.29) is 0 Å². The summed E-state index contributed by atoms with van der Waals surface area (Å²) < 4.78 is 2.27. The highest BCUT2D eigenvalue weighted by Crippen LogP contribution is 2.22. The Hall–Kier alpha value is -1.32. The van der Waals surface area contributed by atoms with Crippen molar-refractivity contribution in [3.05, 3.63) is 35.5 Å². The van der Waals surface area contributed by atoms with E-state index in [9.17, 15) is 0 Å². The van der Waals surface area contributed by atoms with Gasteiger partial charge in [0.1, 0.15) is 0 Å². The van der Waals surface area contributed by atoms with Crippen LogP contribution in [0, 0.1) is 0 Å². The van der Waals surface area contributed by atoms with Crippen molar-refractivity contribution < 1.29 is 0 Å². The van der Waals surface area contributed by atoms with Gasteiger partial charge in [0.05, 0.1) is 0 Å². The number of benzene rings is 1. The monoisotopic (exact) mass is 229 g/mol. The number of aryl methyl sites for hydroxylation is 1. The van der Waals surface area contributed by atoms with E-state index in [0.717, 1.165) is 12.6 Å². The fourth-order valence-corrected chi connectivity index (χ4v) is 2.27. The second-order valence-electron chi connectivity index (χ2n) is 4.95. The molecule has 1 fully saturated rings. The smallest absolute Gasteiger partial charge is 0.0483 e. The lowest BCUT2D eigenvalue weighted by Gasteiger charge is -2.05. The SMILES string of the molecule is Cn1c(CNC2CC2)cc2ccc(CN)cc21. The van der Waals surface area contributed by atoms with Crippen molar-refractivity contribution in [2.45, 2.75) is 32.0 Å². The summed E-state index contributed by atoms with van der Waals surface area (Å²) in [6.07, 6.45) is 2.67. The Balaban J connectivity index is 1.92. The maximum absolute atomic E-state index is 5.68. The van der Waals surface area contributed by atoms with Gasteiger partial charge in [0.2, 0.25) is 0 Å². The van der Waals surface area contributed by atoms with Gasteiger partial charge in [-0.1, -0.05) is 12.1 Å². The second-order valence-corrected chi connectivity index (χ2v) is 4.95. The van der Waals surface area contributed by atoms with Crippen LogP contribution in [0.1, 0.15) is 24.1 Å². The first-order valence-electron chi connectivity index (χ1n) is 6.28. The number of aromatic nitrogens is 1. The van der Waals surface area contributed by atoms with Gasteiger partial charge in [0.25, 0.3) is 0 Å².